The summed E-state index contributed by atoms with van der Waals surface area (Å²) in [7, 11) is 0. The van der Waals surface area contributed by atoms with Gasteiger partial charge in [0, 0.05) is 21.7 Å². The van der Waals surface area contributed by atoms with Crippen LogP contribution in [0.15, 0.2) is 88.8 Å². The third-order valence-corrected chi connectivity index (χ3v) is 6.98. The van der Waals surface area contributed by atoms with Crippen molar-refractivity contribution in [3.8, 4) is 11.4 Å². The van der Waals surface area contributed by atoms with Gasteiger partial charge >= 0.3 is 0 Å². The van der Waals surface area contributed by atoms with Crippen molar-refractivity contribution in [1.29, 1.82) is 0 Å². The zero-order chi connectivity index (χ0) is 23.7. The highest BCUT2D eigenvalue weighted by Gasteiger charge is 2.18. The minimum atomic E-state index is -0.265. The number of benzene rings is 3. The number of rotatable bonds is 5. The van der Waals surface area contributed by atoms with Gasteiger partial charge in [0.2, 0.25) is 0 Å². The zero-order valence-electron chi connectivity index (χ0n) is 18.5. The van der Waals surface area contributed by atoms with Crippen molar-refractivity contribution in [1.82, 2.24) is 19.6 Å². The molecule has 168 valence electrons. The first kappa shape index (κ1) is 22.1. The summed E-state index contributed by atoms with van der Waals surface area (Å²) in [5.74, 6) is 0.876. The topological polar surface area (TPSA) is 72.2 Å². The summed E-state index contributed by atoms with van der Waals surface area (Å²) in [6, 6.07) is 24.5. The molecule has 0 aliphatic carbocycles. The molecule has 0 radical (unpaired) electrons. The molecular weight excluding hydrogens is 466 g/mol. The monoisotopic (exact) mass is 485 g/mol. The maximum atomic E-state index is 12.9. The molecule has 5 rings (SSSR count). The molecule has 1 amide bonds. The fourth-order valence-corrected chi connectivity index (χ4v) is 4.80. The number of hydrogen-bond acceptors (Lipinski definition) is 5. The van der Waals surface area contributed by atoms with Crippen molar-refractivity contribution in [2.75, 3.05) is 5.32 Å². The number of amides is 1. The minimum Gasteiger partial charge on any atom is -0.321 e. The number of nitrogens with zero attached hydrogens (tertiary/aromatic N) is 4. The van der Waals surface area contributed by atoms with E-state index in [4.69, 9.17) is 16.7 Å². The lowest BCUT2D eigenvalue weighted by molar-refractivity contribution is 0.102. The Morgan fingerprint density at radius 3 is 2.41 bits per heavy atom. The molecule has 2 aromatic heterocycles. The van der Waals surface area contributed by atoms with E-state index in [-0.39, 0.29) is 5.91 Å². The summed E-state index contributed by atoms with van der Waals surface area (Å²) in [5, 5.41) is 9.04. The highest BCUT2D eigenvalue weighted by molar-refractivity contribution is 7.99. The third kappa shape index (κ3) is 4.27. The second kappa shape index (κ2) is 9.29. The highest BCUT2D eigenvalue weighted by Crippen LogP contribution is 2.36. The predicted octanol–water partition coefficient (Wildman–Crippen LogP) is 6.47. The summed E-state index contributed by atoms with van der Waals surface area (Å²) in [4.78, 5) is 23.0. The molecule has 0 saturated heterocycles. The molecule has 0 saturated carbocycles. The number of fused-ring (bicyclic) bond motifs is 1. The van der Waals surface area contributed by atoms with Gasteiger partial charge in [-0.2, -0.15) is 9.50 Å². The van der Waals surface area contributed by atoms with Crippen LogP contribution in [0, 0.1) is 13.8 Å². The van der Waals surface area contributed by atoms with E-state index in [1.807, 2.05) is 68.4 Å². The Morgan fingerprint density at radius 2 is 1.62 bits per heavy atom. The van der Waals surface area contributed by atoms with Gasteiger partial charge in [-0.15, -0.1) is 5.10 Å². The predicted molar refractivity (Wildman–Crippen MR) is 136 cm³/mol. The fourth-order valence-electron chi connectivity index (χ4n) is 3.49. The first-order valence-corrected chi connectivity index (χ1v) is 11.8. The van der Waals surface area contributed by atoms with Gasteiger partial charge in [-0.25, -0.2) is 4.98 Å². The van der Waals surface area contributed by atoms with E-state index in [1.54, 1.807) is 28.8 Å². The summed E-state index contributed by atoms with van der Waals surface area (Å²) < 4.78 is 1.77. The molecule has 6 nitrogen and oxygen atoms in total. The van der Waals surface area contributed by atoms with E-state index < -0.39 is 0 Å². The molecule has 0 bridgehead atoms. The smallest absolute Gasteiger partial charge is 0.257 e. The van der Waals surface area contributed by atoms with Crippen molar-refractivity contribution in [2.45, 2.75) is 23.8 Å². The average molecular weight is 486 g/mol. The Balaban J connectivity index is 1.54. The number of para-hydroxylation sites is 1. The number of carbonyl (C=O) groups is 1. The zero-order valence-corrected chi connectivity index (χ0v) is 20.1. The molecule has 34 heavy (non-hydrogen) atoms. The van der Waals surface area contributed by atoms with Gasteiger partial charge in [0.25, 0.3) is 11.7 Å². The average Bonchev–Trinajstić information content (AvgIpc) is 3.27. The maximum Gasteiger partial charge on any atom is 0.257 e. The molecule has 0 aliphatic heterocycles. The van der Waals surface area contributed by atoms with Gasteiger partial charge in [-0.05, 0) is 38.1 Å². The number of hydrogen-bond donors (Lipinski definition) is 1. The molecule has 5 aromatic rings. The van der Waals surface area contributed by atoms with E-state index in [2.05, 4.69) is 15.3 Å². The molecule has 0 spiro atoms. The standard InChI is InChI=1S/C26H20ClN5OS/c1-16-17(2)28-26-30-23(18-10-4-3-5-11-18)31-32(26)25(16)34-22-15-9-8-14-21(22)29-24(33)19-12-6-7-13-20(19)27/h3-15H,1-2H3,(H,29,33). The molecule has 0 aliphatic rings. The number of halogens is 1. The second-order valence-electron chi connectivity index (χ2n) is 7.67. The van der Waals surface area contributed by atoms with Crippen LogP contribution in [0.3, 0.4) is 0 Å². The molecule has 1 N–H and O–H groups in total. The lowest BCUT2D eigenvalue weighted by Crippen LogP contribution is -2.13. The molecule has 0 unspecified atom stereocenters. The van der Waals surface area contributed by atoms with Crippen molar-refractivity contribution in [2.24, 2.45) is 0 Å². The molecule has 2 heterocycles. The van der Waals surface area contributed by atoms with Crippen LogP contribution in [-0.4, -0.2) is 25.5 Å². The van der Waals surface area contributed by atoms with Crippen LogP contribution >= 0.6 is 23.4 Å². The van der Waals surface area contributed by atoms with Crippen LogP contribution in [0.5, 0.6) is 0 Å². The first-order valence-electron chi connectivity index (χ1n) is 10.6. The van der Waals surface area contributed by atoms with Crippen molar-refractivity contribution >= 4 is 40.7 Å². The summed E-state index contributed by atoms with van der Waals surface area (Å²) in [6.45, 7) is 3.97. The van der Waals surface area contributed by atoms with Crippen LogP contribution in [0.1, 0.15) is 21.6 Å². The van der Waals surface area contributed by atoms with Crippen molar-refractivity contribution < 1.29 is 4.79 Å². The number of anilines is 1. The van der Waals surface area contributed by atoms with Crippen LogP contribution in [0.4, 0.5) is 5.69 Å². The molecule has 3 aromatic carbocycles. The van der Waals surface area contributed by atoms with E-state index in [9.17, 15) is 4.79 Å². The molecule has 8 heteroatoms. The Hall–Kier alpha value is -3.68. The van der Waals surface area contributed by atoms with E-state index >= 15 is 0 Å². The SMILES string of the molecule is Cc1nc2nc(-c3ccccc3)nn2c(Sc2ccccc2NC(=O)c2ccccc2Cl)c1C. The van der Waals surface area contributed by atoms with Crippen LogP contribution in [-0.2, 0) is 0 Å². The molecular formula is C26H20ClN5OS. The Morgan fingerprint density at radius 1 is 0.912 bits per heavy atom. The van der Waals surface area contributed by atoms with Crippen molar-refractivity contribution in [3.05, 3.63) is 101 Å². The third-order valence-electron chi connectivity index (χ3n) is 5.41. The number of aromatic nitrogens is 4. The van der Waals surface area contributed by atoms with E-state index in [1.165, 1.54) is 11.8 Å². The van der Waals surface area contributed by atoms with E-state index in [0.717, 1.165) is 26.7 Å². The van der Waals surface area contributed by atoms with Crippen LogP contribution in [0.25, 0.3) is 17.2 Å². The normalized spacial score (nSPS) is 11.0. The lowest BCUT2D eigenvalue weighted by Gasteiger charge is -2.14. The summed E-state index contributed by atoms with van der Waals surface area (Å²) >= 11 is 7.73. The first-order chi connectivity index (χ1) is 16.5. The largest absolute Gasteiger partial charge is 0.321 e. The highest BCUT2D eigenvalue weighted by atomic mass is 35.5. The Bertz CT molecular complexity index is 1520. The summed E-state index contributed by atoms with van der Waals surface area (Å²) in [5.41, 5.74) is 3.90. The lowest BCUT2D eigenvalue weighted by atomic mass is 10.2. The quantitative estimate of drug-likeness (QED) is 0.289. The van der Waals surface area contributed by atoms with Crippen molar-refractivity contribution in [3.63, 3.8) is 0 Å². The minimum absolute atomic E-state index is 0.265. The molecule has 0 fully saturated rings. The number of carbonyl (C=O) groups excluding carboxylic acids is 1. The van der Waals surface area contributed by atoms with Gasteiger partial charge in [-0.1, -0.05) is 78.0 Å². The summed E-state index contributed by atoms with van der Waals surface area (Å²) in [6.07, 6.45) is 0. The van der Waals surface area contributed by atoms with Crippen LogP contribution < -0.4 is 5.32 Å². The Labute approximate surface area is 206 Å². The number of nitrogens with one attached hydrogen (secondary N) is 1. The fraction of sp³-hybridized carbons (Fsp3) is 0.0769. The van der Waals surface area contributed by atoms with Gasteiger partial charge in [-0.3, -0.25) is 4.79 Å². The van der Waals surface area contributed by atoms with Gasteiger partial charge in [0.05, 0.1) is 16.3 Å². The van der Waals surface area contributed by atoms with E-state index in [0.29, 0.717) is 27.9 Å². The maximum absolute atomic E-state index is 12.9. The van der Waals surface area contributed by atoms with Crippen LogP contribution in [0.2, 0.25) is 5.02 Å². The number of aryl methyl sites for hydroxylation is 1. The Kier molecular flexibility index (Phi) is 6.04. The van der Waals surface area contributed by atoms with Gasteiger partial charge in [0.1, 0.15) is 5.03 Å². The second-order valence-corrected chi connectivity index (χ2v) is 9.11. The molecule has 0 atom stereocenters. The van der Waals surface area contributed by atoms with Gasteiger partial charge in [0.15, 0.2) is 5.82 Å². The van der Waals surface area contributed by atoms with Gasteiger partial charge < -0.3 is 5.32 Å².